The van der Waals surface area contributed by atoms with Crippen molar-refractivity contribution in [3.8, 4) is 11.5 Å². The van der Waals surface area contributed by atoms with Crippen LogP contribution in [0.3, 0.4) is 0 Å². The molecule has 230 valence electrons. The van der Waals surface area contributed by atoms with Gasteiger partial charge in [-0.3, -0.25) is 0 Å². The van der Waals surface area contributed by atoms with E-state index >= 15 is 0 Å². The van der Waals surface area contributed by atoms with Crippen molar-refractivity contribution in [1.82, 2.24) is 0 Å². The zero-order chi connectivity index (χ0) is 30.4. The molecule has 8 nitrogen and oxygen atoms in total. The summed E-state index contributed by atoms with van der Waals surface area (Å²) in [7, 11) is -10.1. The van der Waals surface area contributed by atoms with Gasteiger partial charge in [-0.15, -0.1) is 0 Å². The summed E-state index contributed by atoms with van der Waals surface area (Å²) in [4.78, 5) is 0. The average Bonchev–Trinajstić information content (AvgIpc) is 2.80. The predicted molar refractivity (Wildman–Crippen MR) is 156 cm³/mol. The molecule has 4 rings (SSSR count). The van der Waals surface area contributed by atoms with E-state index in [1.165, 1.54) is 24.5 Å². The summed E-state index contributed by atoms with van der Waals surface area (Å²) in [6, 6.07) is 3.52. The van der Waals surface area contributed by atoms with Crippen LogP contribution >= 0.6 is 0 Å². The molecule has 12 heteroatoms. The van der Waals surface area contributed by atoms with E-state index in [0.717, 1.165) is 69.1 Å². The van der Waals surface area contributed by atoms with Gasteiger partial charge in [0.15, 0.2) is 0 Å². The minimum absolute atomic E-state index is 0. The Labute approximate surface area is 303 Å². The third-order valence-electron chi connectivity index (χ3n) is 10.7. The van der Waals surface area contributed by atoms with Crippen LogP contribution in [0.4, 0.5) is 0 Å². The zero-order valence-electron chi connectivity index (χ0n) is 26.7. The summed E-state index contributed by atoms with van der Waals surface area (Å²) in [5.74, 6) is 0.360. The van der Waals surface area contributed by atoms with Gasteiger partial charge in [0.25, 0.3) is 20.8 Å². The van der Waals surface area contributed by atoms with Crippen molar-refractivity contribution in [2.24, 2.45) is 34.0 Å². The first-order valence-corrected chi connectivity index (χ1v) is 17.3. The SMILES string of the molecule is C=C1CCCC(C)(C)C1CC[C@@]1(C)CCC[C@@]2(C)C1CCC(=C)[C@@H]2Cc1cc(OS(=O)(=O)[O-])ccc1OS(=O)(=O)[O-].[Na+].[Na+]. The average molecular weight is 655 g/mol. The van der Waals surface area contributed by atoms with E-state index in [-0.39, 0.29) is 105 Å². The van der Waals surface area contributed by atoms with Crippen LogP contribution in [0, 0.1) is 34.0 Å². The number of benzene rings is 1. The van der Waals surface area contributed by atoms with Gasteiger partial charge in [-0.25, -0.2) is 16.8 Å². The fourth-order valence-electron chi connectivity index (χ4n) is 8.80. The van der Waals surface area contributed by atoms with Crippen molar-refractivity contribution < 1.29 is 93.4 Å². The van der Waals surface area contributed by atoms with Crippen LogP contribution in [-0.2, 0) is 27.2 Å². The maximum Gasteiger partial charge on any atom is 1.00 e. The second kappa shape index (κ2) is 14.5. The molecule has 0 aromatic heterocycles. The summed E-state index contributed by atoms with van der Waals surface area (Å²) in [5.41, 5.74) is 2.90. The first kappa shape index (κ1) is 39.3. The second-order valence-corrected chi connectivity index (χ2v) is 15.8. The van der Waals surface area contributed by atoms with E-state index in [1.807, 2.05) is 0 Å². The summed E-state index contributed by atoms with van der Waals surface area (Å²) < 4.78 is 77.5. The van der Waals surface area contributed by atoms with Crippen molar-refractivity contribution in [2.75, 3.05) is 0 Å². The molecule has 5 atom stereocenters. The molecular formula is C31H44Na2O8S2. The molecule has 3 aliphatic rings. The Morgan fingerprint density at radius 1 is 0.860 bits per heavy atom. The van der Waals surface area contributed by atoms with E-state index in [1.54, 1.807) is 0 Å². The second-order valence-electron chi connectivity index (χ2n) is 13.9. The van der Waals surface area contributed by atoms with Crippen LogP contribution < -0.4 is 67.5 Å². The Balaban J connectivity index is 0.00000323. The predicted octanol–water partition coefficient (Wildman–Crippen LogP) is 0.857. The molecule has 1 aromatic carbocycles. The van der Waals surface area contributed by atoms with Crippen LogP contribution in [0.25, 0.3) is 0 Å². The van der Waals surface area contributed by atoms with Gasteiger partial charge in [0.1, 0.15) is 11.5 Å². The van der Waals surface area contributed by atoms with E-state index < -0.39 is 20.8 Å². The van der Waals surface area contributed by atoms with Crippen LogP contribution in [0.2, 0.25) is 0 Å². The molecule has 3 saturated carbocycles. The van der Waals surface area contributed by atoms with Crippen LogP contribution in [0.1, 0.15) is 97.5 Å². The van der Waals surface area contributed by atoms with E-state index in [0.29, 0.717) is 11.8 Å². The van der Waals surface area contributed by atoms with E-state index in [9.17, 15) is 25.9 Å². The number of hydrogen-bond acceptors (Lipinski definition) is 8. The minimum Gasteiger partial charge on any atom is -0.716 e. The first-order valence-electron chi connectivity index (χ1n) is 14.6. The van der Waals surface area contributed by atoms with Crippen molar-refractivity contribution in [3.05, 3.63) is 48.1 Å². The third-order valence-corrected chi connectivity index (χ3v) is 11.5. The third kappa shape index (κ3) is 9.36. The molecule has 43 heavy (non-hydrogen) atoms. The molecule has 0 spiro atoms. The van der Waals surface area contributed by atoms with Crippen molar-refractivity contribution in [1.29, 1.82) is 0 Å². The van der Waals surface area contributed by atoms with Crippen LogP contribution in [-0.4, -0.2) is 25.9 Å². The van der Waals surface area contributed by atoms with Crippen LogP contribution in [0.5, 0.6) is 11.5 Å². The summed E-state index contributed by atoms with van der Waals surface area (Å²) in [5, 5.41) is 0. The standard InChI is InChI=1S/C31H46O8S2.2Na/c1-21-9-7-15-29(3,4)25(21)14-18-30(5)16-8-17-31(6)26(22(2)10-13-28(30)31)20-23-19-24(38-40(32,33)34)11-12-27(23)39-41(35,36)37;;/h11-12,19,25-26,28H,1-2,7-10,13-18,20H2,3-6H3,(H,32,33,34)(H,35,36,37);;/q;2*+1/p-2/t25?,26-,28?,30+,31+;;/m0../s1. The Morgan fingerprint density at radius 2 is 1.49 bits per heavy atom. The van der Waals surface area contributed by atoms with Gasteiger partial charge in [0.05, 0.1) is 0 Å². The summed E-state index contributed by atoms with van der Waals surface area (Å²) in [6.45, 7) is 18.3. The molecule has 2 unspecified atom stereocenters. The molecule has 0 radical (unpaired) electrons. The molecular weight excluding hydrogens is 610 g/mol. The van der Waals surface area contributed by atoms with Gasteiger partial charge in [0, 0.05) is 5.56 Å². The maximum absolute atomic E-state index is 11.5. The van der Waals surface area contributed by atoms with Gasteiger partial charge in [-0.05, 0) is 116 Å². The molecule has 0 amide bonds. The Hall–Kier alpha value is 0.120. The Bertz CT molecular complexity index is 1410. The molecule has 0 heterocycles. The Morgan fingerprint density at radius 3 is 2.09 bits per heavy atom. The van der Waals surface area contributed by atoms with E-state index in [2.05, 4.69) is 45.0 Å². The molecule has 0 aliphatic heterocycles. The maximum atomic E-state index is 11.5. The monoisotopic (exact) mass is 654 g/mol. The number of hydrogen-bond donors (Lipinski definition) is 0. The summed E-state index contributed by atoms with van der Waals surface area (Å²) >= 11 is 0. The first-order chi connectivity index (χ1) is 18.8. The van der Waals surface area contributed by atoms with Crippen molar-refractivity contribution in [2.45, 2.75) is 98.3 Å². The molecule has 3 fully saturated rings. The summed E-state index contributed by atoms with van der Waals surface area (Å²) in [6.07, 6.45) is 11.0. The van der Waals surface area contributed by atoms with Gasteiger partial charge >= 0.3 is 59.1 Å². The van der Waals surface area contributed by atoms with Gasteiger partial charge in [-0.1, -0.05) is 58.4 Å². The molecule has 3 aliphatic carbocycles. The largest absolute Gasteiger partial charge is 1.00 e. The zero-order valence-corrected chi connectivity index (χ0v) is 32.4. The number of fused-ring (bicyclic) bond motifs is 1. The quantitative estimate of drug-likeness (QED) is 0.166. The number of allylic oxidation sites excluding steroid dienone is 2. The normalized spacial score (nSPS) is 30.8. The van der Waals surface area contributed by atoms with Gasteiger partial charge in [0.2, 0.25) is 0 Å². The molecule has 0 bridgehead atoms. The molecule has 0 saturated heterocycles. The Kier molecular flexibility index (Phi) is 13.2. The number of rotatable bonds is 9. The van der Waals surface area contributed by atoms with Crippen molar-refractivity contribution in [3.63, 3.8) is 0 Å². The smallest absolute Gasteiger partial charge is 0.716 e. The molecule has 1 aromatic rings. The fourth-order valence-corrected chi connectivity index (χ4v) is 9.52. The van der Waals surface area contributed by atoms with Gasteiger partial charge < -0.3 is 17.5 Å². The van der Waals surface area contributed by atoms with Crippen LogP contribution in [0.15, 0.2) is 42.5 Å². The molecule has 0 N–H and O–H groups in total. The minimum atomic E-state index is -5.09. The van der Waals surface area contributed by atoms with Gasteiger partial charge in [-0.2, -0.15) is 0 Å². The fraction of sp³-hybridized carbons (Fsp3) is 0.677. The van der Waals surface area contributed by atoms with Crippen molar-refractivity contribution >= 4 is 20.8 Å². The topological polar surface area (TPSA) is 133 Å². The van der Waals surface area contributed by atoms with E-state index in [4.69, 9.17) is 4.18 Å².